The van der Waals surface area contributed by atoms with Crippen molar-refractivity contribution in [3.05, 3.63) is 0 Å². The first-order valence-corrected chi connectivity index (χ1v) is 7.02. The molecular formula is C7H19N3O3S2. The Labute approximate surface area is 94.7 Å². The van der Waals surface area contributed by atoms with Crippen LogP contribution in [0.5, 0.6) is 0 Å². The fourth-order valence-electron chi connectivity index (χ4n) is 0.746. The van der Waals surface area contributed by atoms with Crippen LogP contribution in [-0.4, -0.2) is 49.4 Å². The van der Waals surface area contributed by atoms with E-state index in [0.717, 1.165) is 12.3 Å². The molecule has 0 aromatic carbocycles. The summed E-state index contributed by atoms with van der Waals surface area (Å²) in [6, 6.07) is 0. The van der Waals surface area contributed by atoms with E-state index in [9.17, 15) is 8.42 Å². The summed E-state index contributed by atoms with van der Waals surface area (Å²) in [5, 5.41) is 0. The highest BCUT2D eigenvalue weighted by atomic mass is 32.3. The van der Waals surface area contributed by atoms with Gasteiger partial charge in [0.2, 0.25) is 9.84 Å². The molecule has 1 aliphatic rings. The van der Waals surface area contributed by atoms with Crippen LogP contribution in [0.25, 0.3) is 0 Å². The molecule has 0 aromatic heterocycles. The van der Waals surface area contributed by atoms with E-state index in [1.165, 1.54) is 11.8 Å². The molecule has 0 spiro atoms. The first-order chi connectivity index (χ1) is 6.58. The number of rotatable bonds is 2. The number of thioether (sulfide) groups is 1. The Morgan fingerprint density at radius 1 is 1.47 bits per heavy atom. The van der Waals surface area contributed by atoms with Gasteiger partial charge in [0.05, 0.1) is 12.3 Å². The summed E-state index contributed by atoms with van der Waals surface area (Å²) < 4.78 is 22.7. The van der Waals surface area contributed by atoms with Gasteiger partial charge in [-0.1, -0.05) is 18.7 Å². The van der Waals surface area contributed by atoms with Crippen LogP contribution < -0.4 is 11.5 Å². The average molecular weight is 257 g/mol. The fraction of sp³-hybridized carbons (Fsp3) is 0.857. The molecule has 0 fully saturated rings. The van der Waals surface area contributed by atoms with E-state index in [1.54, 1.807) is 0 Å². The van der Waals surface area contributed by atoms with E-state index in [1.807, 2.05) is 6.92 Å². The van der Waals surface area contributed by atoms with Crippen LogP contribution in [0.15, 0.2) is 4.99 Å². The highest BCUT2D eigenvalue weighted by molar-refractivity contribution is 8.35. The first-order valence-electron chi connectivity index (χ1n) is 4.38. The second kappa shape index (κ2) is 9.10. The van der Waals surface area contributed by atoms with Gasteiger partial charge in [-0.15, -0.1) is 0 Å². The van der Waals surface area contributed by atoms with Gasteiger partial charge in [-0.3, -0.25) is 4.99 Å². The van der Waals surface area contributed by atoms with E-state index in [4.69, 9.17) is 11.5 Å². The molecule has 0 aromatic rings. The van der Waals surface area contributed by atoms with Gasteiger partial charge in [-0.25, -0.2) is 8.42 Å². The Bertz CT molecular complexity index is 277. The van der Waals surface area contributed by atoms with Gasteiger partial charge in [-0.05, 0) is 6.54 Å². The summed E-state index contributed by atoms with van der Waals surface area (Å²) >= 11 is 1.30. The Morgan fingerprint density at radius 2 is 2.00 bits per heavy atom. The standard InChI is InChI=1S/C5H10N2O2S2.C2H7N.H2O/c6-1-4-11(8,9)5-7-2-3-10-5;1-2-3;/h1-4,6H2;2-3H2,1H3;1H2. The van der Waals surface area contributed by atoms with Crippen LogP contribution in [0.2, 0.25) is 0 Å². The molecule has 0 saturated heterocycles. The van der Waals surface area contributed by atoms with Gasteiger partial charge < -0.3 is 16.9 Å². The van der Waals surface area contributed by atoms with E-state index >= 15 is 0 Å². The lowest BCUT2D eigenvalue weighted by molar-refractivity contribution is 0.607. The molecule has 92 valence electrons. The maximum atomic E-state index is 11.2. The molecule has 1 rings (SSSR count). The van der Waals surface area contributed by atoms with Gasteiger partial charge in [0.25, 0.3) is 0 Å². The number of sulfone groups is 1. The number of hydrogen-bond donors (Lipinski definition) is 2. The van der Waals surface area contributed by atoms with Crippen molar-refractivity contribution in [1.29, 1.82) is 0 Å². The minimum Gasteiger partial charge on any atom is -0.412 e. The highest BCUT2D eigenvalue weighted by Crippen LogP contribution is 2.16. The van der Waals surface area contributed by atoms with Gasteiger partial charge in [0, 0.05) is 12.3 Å². The third-order valence-corrected chi connectivity index (χ3v) is 4.52. The molecule has 15 heavy (non-hydrogen) atoms. The van der Waals surface area contributed by atoms with Crippen molar-refractivity contribution in [3.8, 4) is 0 Å². The van der Waals surface area contributed by atoms with Crippen molar-refractivity contribution in [3.63, 3.8) is 0 Å². The fourth-order valence-corrected chi connectivity index (χ4v) is 3.28. The zero-order valence-corrected chi connectivity index (χ0v) is 10.4. The second-order valence-electron chi connectivity index (χ2n) is 2.51. The monoisotopic (exact) mass is 257 g/mol. The molecule has 0 saturated carbocycles. The molecule has 6 nitrogen and oxygen atoms in total. The van der Waals surface area contributed by atoms with Crippen LogP contribution in [0, 0.1) is 0 Å². The predicted molar refractivity (Wildman–Crippen MR) is 65.9 cm³/mol. The van der Waals surface area contributed by atoms with Crippen LogP contribution in [0.4, 0.5) is 0 Å². The van der Waals surface area contributed by atoms with Gasteiger partial charge in [0.15, 0.2) is 4.38 Å². The molecular weight excluding hydrogens is 238 g/mol. The summed E-state index contributed by atoms with van der Waals surface area (Å²) in [4.78, 5) is 3.86. The summed E-state index contributed by atoms with van der Waals surface area (Å²) in [5.41, 5.74) is 9.99. The van der Waals surface area contributed by atoms with Crippen molar-refractivity contribution >= 4 is 26.0 Å². The number of nitrogens with zero attached hydrogens (tertiary/aromatic N) is 1. The third-order valence-electron chi connectivity index (χ3n) is 1.21. The zero-order chi connectivity index (χ0) is 11.0. The van der Waals surface area contributed by atoms with Crippen molar-refractivity contribution in [1.82, 2.24) is 0 Å². The highest BCUT2D eigenvalue weighted by Gasteiger charge is 2.21. The van der Waals surface area contributed by atoms with Crippen molar-refractivity contribution in [2.75, 3.05) is 31.1 Å². The third kappa shape index (κ3) is 6.85. The van der Waals surface area contributed by atoms with Crippen molar-refractivity contribution in [2.45, 2.75) is 6.92 Å². The maximum Gasteiger partial charge on any atom is 0.202 e. The second-order valence-corrected chi connectivity index (χ2v) is 5.88. The minimum absolute atomic E-state index is 0. The molecule has 0 amide bonds. The van der Waals surface area contributed by atoms with E-state index in [0.29, 0.717) is 6.54 Å². The van der Waals surface area contributed by atoms with Crippen LogP contribution in [0.3, 0.4) is 0 Å². The van der Waals surface area contributed by atoms with Crippen LogP contribution >= 0.6 is 11.8 Å². The molecule has 1 heterocycles. The predicted octanol–water partition coefficient (Wildman–Crippen LogP) is -1.40. The topological polar surface area (TPSA) is 130 Å². The first kappa shape index (κ1) is 17.3. The SMILES string of the molecule is CCN.NCCS(=O)(=O)C1=NCCS1.O. The Kier molecular flexibility index (Phi) is 10.5. The summed E-state index contributed by atoms with van der Waals surface area (Å²) in [6.45, 7) is 3.44. The molecule has 1 aliphatic heterocycles. The smallest absolute Gasteiger partial charge is 0.202 e. The normalized spacial score (nSPS) is 14.7. The Morgan fingerprint density at radius 3 is 2.33 bits per heavy atom. The van der Waals surface area contributed by atoms with Gasteiger partial charge >= 0.3 is 0 Å². The average Bonchev–Trinajstić information content (AvgIpc) is 2.57. The van der Waals surface area contributed by atoms with Gasteiger partial charge in [-0.2, -0.15) is 0 Å². The lowest BCUT2D eigenvalue weighted by atomic mass is 10.8. The molecule has 0 aliphatic carbocycles. The molecule has 0 atom stereocenters. The Hall–Kier alpha value is -0.150. The van der Waals surface area contributed by atoms with Crippen molar-refractivity contribution < 1.29 is 13.9 Å². The molecule has 6 N–H and O–H groups in total. The lowest BCUT2D eigenvalue weighted by Gasteiger charge is -1.98. The zero-order valence-electron chi connectivity index (χ0n) is 8.77. The number of nitrogens with two attached hydrogens (primary N) is 2. The minimum atomic E-state index is -3.12. The Balaban J connectivity index is 0. The van der Waals surface area contributed by atoms with E-state index in [2.05, 4.69) is 4.99 Å². The molecule has 0 radical (unpaired) electrons. The maximum absolute atomic E-state index is 11.2. The van der Waals surface area contributed by atoms with Crippen LogP contribution in [-0.2, 0) is 9.84 Å². The number of hydrogen-bond acceptors (Lipinski definition) is 6. The van der Waals surface area contributed by atoms with Gasteiger partial charge in [0.1, 0.15) is 0 Å². The lowest BCUT2D eigenvalue weighted by Crippen LogP contribution is -2.20. The van der Waals surface area contributed by atoms with E-state index in [-0.39, 0.29) is 22.1 Å². The largest absolute Gasteiger partial charge is 0.412 e. The summed E-state index contributed by atoms with van der Waals surface area (Å²) in [7, 11) is -3.12. The number of aliphatic imine (C=N–C) groups is 1. The molecule has 0 unspecified atom stereocenters. The molecule has 0 bridgehead atoms. The van der Waals surface area contributed by atoms with Crippen molar-refractivity contribution in [2.24, 2.45) is 16.5 Å². The van der Waals surface area contributed by atoms with E-state index < -0.39 is 9.84 Å². The van der Waals surface area contributed by atoms with Crippen LogP contribution in [0.1, 0.15) is 6.92 Å². The summed E-state index contributed by atoms with van der Waals surface area (Å²) in [6.07, 6.45) is 0. The summed E-state index contributed by atoms with van der Waals surface area (Å²) in [5.74, 6) is 0.790. The molecule has 8 heteroatoms. The quantitative estimate of drug-likeness (QED) is 0.628.